The van der Waals surface area contributed by atoms with Crippen LogP contribution >= 0.6 is 22.9 Å². The van der Waals surface area contributed by atoms with Gasteiger partial charge >= 0.3 is 0 Å². The maximum absolute atomic E-state index is 6.08. The Bertz CT molecular complexity index is 1090. The summed E-state index contributed by atoms with van der Waals surface area (Å²) >= 11 is 7.53. The summed E-state index contributed by atoms with van der Waals surface area (Å²) in [7, 11) is 3.34. The summed E-state index contributed by atoms with van der Waals surface area (Å²) in [6.07, 6.45) is 4.88. The predicted octanol–water partition coefficient (Wildman–Crippen LogP) is 8.43. The monoisotopic (exact) mass is 488 g/mol. The fourth-order valence-electron chi connectivity index (χ4n) is 3.84. The predicted molar refractivity (Wildman–Crippen MR) is 140 cm³/mol. The molecule has 0 radical (unpaired) electrons. The van der Waals surface area contributed by atoms with Crippen LogP contribution in [0.4, 0.5) is 16.5 Å². The van der Waals surface area contributed by atoms with Crippen molar-refractivity contribution in [3.63, 3.8) is 0 Å². The summed E-state index contributed by atoms with van der Waals surface area (Å²) in [6.45, 7) is 8.56. The molecule has 0 aliphatic rings. The van der Waals surface area contributed by atoms with Gasteiger partial charge in [-0.15, -0.1) is 10.2 Å². The lowest BCUT2D eigenvalue weighted by atomic mass is 9.98. The quantitative estimate of drug-likeness (QED) is 0.240. The number of nitrogens with zero attached hydrogens (tertiary/aromatic N) is 4. The molecule has 0 N–H and O–H groups in total. The number of methoxy groups -OCH3 is 2. The van der Waals surface area contributed by atoms with Crippen LogP contribution in [0.25, 0.3) is 10.2 Å². The number of thiazole rings is 1. The van der Waals surface area contributed by atoms with Gasteiger partial charge in [-0.25, -0.2) is 4.98 Å². The second kappa shape index (κ2) is 12.2. The van der Waals surface area contributed by atoms with Crippen LogP contribution in [0.15, 0.2) is 40.6 Å². The first-order chi connectivity index (χ1) is 16.0. The zero-order valence-corrected chi connectivity index (χ0v) is 21.7. The summed E-state index contributed by atoms with van der Waals surface area (Å²) < 4.78 is 12.4. The van der Waals surface area contributed by atoms with Gasteiger partial charge in [-0.1, -0.05) is 56.0 Å². The Kier molecular flexibility index (Phi) is 9.32. The fourth-order valence-corrected chi connectivity index (χ4v) is 4.91. The number of hydrogen-bond donors (Lipinski definition) is 0. The SMILES string of the molecule is CCCCC(CC)CN(CC)c1cc(OC)c(/N=N/c2nc3ccc(Cl)cc3s2)cc1OC. The van der Waals surface area contributed by atoms with Crippen LogP contribution in [-0.2, 0) is 0 Å². The second-order valence-corrected chi connectivity index (χ2v) is 9.41. The molecule has 0 saturated carbocycles. The van der Waals surface area contributed by atoms with Gasteiger partial charge in [0.25, 0.3) is 0 Å². The van der Waals surface area contributed by atoms with Crippen molar-refractivity contribution in [3.8, 4) is 11.5 Å². The van der Waals surface area contributed by atoms with Crippen LogP contribution in [0, 0.1) is 5.92 Å². The fraction of sp³-hybridized carbons (Fsp3) is 0.480. The van der Waals surface area contributed by atoms with Gasteiger partial charge in [0.2, 0.25) is 5.13 Å². The summed E-state index contributed by atoms with van der Waals surface area (Å²) in [5, 5.41) is 10.0. The summed E-state index contributed by atoms with van der Waals surface area (Å²) in [5.74, 6) is 2.05. The van der Waals surface area contributed by atoms with E-state index >= 15 is 0 Å². The highest BCUT2D eigenvalue weighted by molar-refractivity contribution is 7.21. The highest BCUT2D eigenvalue weighted by Crippen LogP contribution is 2.41. The molecule has 0 bridgehead atoms. The Labute approximate surface area is 205 Å². The number of fused-ring (bicyclic) bond motifs is 1. The second-order valence-electron chi connectivity index (χ2n) is 7.96. The number of ether oxygens (including phenoxy) is 2. The Morgan fingerprint density at radius 3 is 2.52 bits per heavy atom. The number of azo groups is 1. The van der Waals surface area contributed by atoms with Crippen molar-refractivity contribution in [1.82, 2.24) is 4.98 Å². The maximum Gasteiger partial charge on any atom is 0.231 e. The number of hydrogen-bond acceptors (Lipinski definition) is 7. The van der Waals surface area contributed by atoms with E-state index in [9.17, 15) is 0 Å². The van der Waals surface area contributed by atoms with Crippen LogP contribution in [0.1, 0.15) is 46.5 Å². The molecule has 1 aromatic heterocycles. The van der Waals surface area contributed by atoms with Gasteiger partial charge in [-0.2, -0.15) is 0 Å². The van der Waals surface area contributed by atoms with Crippen LogP contribution in [0.2, 0.25) is 5.02 Å². The van der Waals surface area contributed by atoms with E-state index in [2.05, 4.69) is 40.9 Å². The van der Waals surface area contributed by atoms with Gasteiger partial charge in [-0.3, -0.25) is 0 Å². The minimum absolute atomic E-state index is 0.564. The third-order valence-corrected chi connectivity index (χ3v) is 6.94. The molecule has 6 nitrogen and oxygen atoms in total. The van der Waals surface area contributed by atoms with Gasteiger partial charge in [0.05, 0.1) is 30.1 Å². The van der Waals surface area contributed by atoms with Crippen LogP contribution in [-0.4, -0.2) is 32.3 Å². The largest absolute Gasteiger partial charge is 0.494 e. The van der Waals surface area contributed by atoms with Gasteiger partial charge < -0.3 is 14.4 Å². The van der Waals surface area contributed by atoms with E-state index < -0.39 is 0 Å². The zero-order chi connectivity index (χ0) is 23.8. The van der Waals surface area contributed by atoms with Gasteiger partial charge in [0, 0.05) is 30.2 Å². The van der Waals surface area contributed by atoms with Crippen molar-refractivity contribution in [1.29, 1.82) is 0 Å². The topological polar surface area (TPSA) is 59.3 Å². The van der Waals surface area contributed by atoms with Crippen molar-refractivity contribution >= 4 is 49.7 Å². The van der Waals surface area contributed by atoms with E-state index in [0.717, 1.165) is 41.2 Å². The summed E-state index contributed by atoms with van der Waals surface area (Å²) in [4.78, 5) is 6.88. The standard InChI is InChI=1S/C25H33ClN4O2S/c1-6-9-10-17(7-2)16-30(8-3)21-15-22(31-4)20(14-23(21)32-5)28-29-25-27-19-12-11-18(26)13-24(19)33-25/h11-15,17H,6-10,16H2,1-5H3/b29-28+. The normalized spacial score (nSPS) is 12.4. The van der Waals surface area contributed by atoms with Gasteiger partial charge in [0.1, 0.15) is 17.2 Å². The lowest BCUT2D eigenvalue weighted by molar-refractivity contribution is 0.400. The third-order valence-electron chi connectivity index (χ3n) is 5.81. The van der Waals surface area contributed by atoms with Gasteiger partial charge in [-0.05, 0) is 37.5 Å². The molecule has 0 saturated heterocycles. The molecule has 2 aromatic carbocycles. The zero-order valence-electron chi connectivity index (χ0n) is 20.1. The van der Waals surface area contributed by atoms with Crippen molar-refractivity contribution in [3.05, 3.63) is 35.4 Å². The van der Waals surface area contributed by atoms with E-state index in [1.807, 2.05) is 30.3 Å². The van der Waals surface area contributed by atoms with E-state index in [1.54, 1.807) is 14.2 Å². The Hall–Kier alpha value is -2.38. The first-order valence-corrected chi connectivity index (χ1v) is 12.7. The summed E-state index contributed by atoms with van der Waals surface area (Å²) in [5.41, 5.74) is 2.47. The first kappa shape index (κ1) is 25.2. The van der Waals surface area contributed by atoms with E-state index in [-0.39, 0.29) is 0 Å². The number of halogens is 1. The molecule has 0 aliphatic heterocycles. The summed E-state index contributed by atoms with van der Waals surface area (Å²) in [6, 6.07) is 9.48. The molecule has 1 heterocycles. The van der Waals surface area contributed by atoms with E-state index in [0.29, 0.717) is 27.5 Å². The minimum atomic E-state index is 0.564. The highest BCUT2D eigenvalue weighted by atomic mass is 35.5. The van der Waals surface area contributed by atoms with Crippen molar-refractivity contribution in [2.75, 3.05) is 32.2 Å². The lowest BCUT2D eigenvalue weighted by Gasteiger charge is -2.29. The van der Waals surface area contributed by atoms with Crippen molar-refractivity contribution in [2.24, 2.45) is 16.1 Å². The smallest absolute Gasteiger partial charge is 0.231 e. The molecule has 8 heteroatoms. The Morgan fingerprint density at radius 1 is 1.06 bits per heavy atom. The molecule has 1 atom stereocenters. The van der Waals surface area contributed by atoms with E-state index in [4.69, 9.17) is 21.1 Å². The van der Waals surface area contributed by atoms with Crippen LogP contribution in [0.5, 0.6) is 11.5 Å². The molecule has 0 fully saturated rings. The average molecular weight is 489 g/mol. The molecule has 178 valence electrons. The number of aromatic nitrogens is 1. The molecule has 3 aromatic rings. The van der Waals surface area contributed by atoms with Crippen LogP contribution < -0.4 is 14.4 Å². The maximum atomic E-state index is 6.08. The minimum Gasteiger partial charge on any atom is -0.494 e. The number of rotatable bonds is 12. The molecule has 33 heavy (non-hydrogen) atoms. The molecular formula is C25H33ClN4O2S. The molecule has 0 amide bonds. The average Bonchev–Trinajstić information content (AvgIpc) is 3.24. The number of unbranched alkanes of at least 4 members (excludes halogenated alkanes) is 1. The van der Waals surface area contributed by atoms with Crippen molar-refractivity contribution < 1.29 is 9.47 Å². The Morgan fingerprint density at radius 2 is 1.85 bits per heavy atom. The molecule has 1 unspecified atom stereocenters. The highest BCUT2D eigenvalue weighted by Gasteiger charge is 2.19. The first-order valence-electron chi connectivity index (χ1n) is 11.5. The molecule has 0 spiro atoms. The molecule has 0 aliphatic carbocycles. The lowest BCUT2D eigenvalue weighted by Crippen LogP contribution is -2.29. The van der Waals surface area contributed by atoms with Crippen LogP contribution in [0.3, 0.4) is 0 Å². The number of anilines is 1. The number of benzene rings is 2. The van der Waals surface area contributed by atoms with Crippen molar-refractivity contribution in [2.45, 2.75) is 46.5 Å². The van der Waals surface area contributed by atoms with E-state index in [1.165, 1.54) is 30.6 Å². The molecular weight excluding hydrogens is 456 g/mol. The Balaban J connectivity index is 1.89. The van der Waals surface area contributed by atoms with Gasteiger partial charge in [0.15, 0.2) is 0 Å². The molecule has 3 rings (SSSR count). The third kappa shape index (κ3) is 6.36.